The second-order valence-electron chi connectivity index (χ2n) is 4.03. The van der Waals surface area contributed by atoms with Crippen molar-refractivity contribution in [3.05, 3.63) is 34.1 Å². The lowest BCUT2D eigenvalue weighted by atomic mass is 10.0. The molecule has 0 bridgehead atoms. The van der Waals surface area contributed by atoms with Crippen molar-refractivity contribution in [3.63, 3.8) is 0 Å². The molecule has 0 fully saturated rings. The molecule has 0 amide bonds. The van der Waals surface area contributed by atoms with Crippen molar-refractivity contribution in [3.8, 4) is 0 Å². The molecular formula is C12H15Br2F. The average Bonchev–Trinajstić information content (AvgIpc) is 2.15. The Bertz CT molecular complexity index is 323. The normalized spacial score (nSPS) is 13.2. The second kappa shape index (κ2) is 6.00. The van der Waals surface area contributed by atoms with Crippen LogP contribution in [0.4, 0.5) is 4.39 Å². The molecule has 84 valence electrons. The van der Waals surface area contributed by atoms with E-state index in [0.717, 1.165) is 17.3 Å². The maximum atomic E-state index is 12.8. The van der Waals surface area contributed by atoms with Crippen molar-refractivity contribution in [2.75, 3.05) is 0 Å². The van der Waals surface area contributed by atoms with Gasteiger partial charge in [0.05, 0.1) is 0 Å². The molecule has 3 heteroatoms. The molecule has 1 atom stereocenters. The summed E-state index contributed by atoms with van der Waals surface area (Å²) >= 11 is 7.03. The Morgan fingerprint density at radius 3 is 2.53 bits per heavy atom. The van der Waals surface area contributed by atoms with Crippen LogP contribution in [0.1, 0.15) is 25.8 Å². The number of alkyl halides is 1. The third-order valence-electron chi connectivity index (χ3n) is 2.43. The number of hydrogen-bond donors (Lipinski definition) is 0. The fourth-order valence-corrected chi connectivity index (χ4v) is 2.13. The van der Waals surface area contributed by atoms with Crippen molar-refractivity contribution < 1.29 is 4.39 Å². The molecule has 0 aliphatic heterocycles. The number of rotatable bonds is 4. The number of hydrogen-bond acceptors (Lipinski definition) is 0. The van der Waals surface area contributed by atoms with Gasteiger partial charge in [0.2, 0.25) is 0 Å². The topological polar surface area (TPSA) is 0 Å². The number of benzene rings is 1. The van der Waals surface area contributed by atoms with Crippen LogP contribution < -0.4 is 0 Å². The summed E-state index contributed by atoms with van der Waals surface area (Å²) in [5, 5.41) is 0. The fraction of sp³-hybridized carbons (Fsp3) is 0.500. The lowest BCUT2D eigenvalue weighted by molar-refractivity contribution is 0.580. The minimum Gasteiger partial charge on any atom is -0.207 e. The predicted octanol–water partition coefficient (Wildman–Crippen LogP) is 4.94. The second-order valence-corrected chi connectivity index (χ2v) is 6.06. The molecule has 0 saturated heterocycles. The highest BCUT2D eigenvalue weighted by atomic mass is 79.9. The maximum absolute atomic E-state index is 12.8. The Labute approximate surface area is 108 Å². The van der Waals surface area contributed by atoms with Crippen LogP contribution in [-0.2, 0) is 6.42 Å². The van der Waals surface area contributed by atoms with E-state index >= 15 is 0 Å². The van der Waals surface area contributed by atoms with Crippen molar-refractivity contribution >= 4 is 31.9 Å². The van der Waals surface area contributed by atoms with Gasteiger partial charge in [0.25, 0.3) is 0 Å². The van der Waals surface area contributed by atoms with Gasteiger partial charge < -0.3 is 0 Å². The first kappa shape index (κ1) is 13.2. The average molecular weight is 338 g/mol. The van der Waals surface area contributed by atoms with Crippen LogP contribution in [-0.4, -0.2) is 4.83 Å². The monoisotopic (exact) mass is 336 g/mol. The molecule has 15 heavy (non-hydrogen) atoms. The summed E-state index contributed by atoms with van der Waals surface area (Å²) in [6.45, 7) is 4.39. The summed E-state index contributed by atoms with van der Waals surface area (Å²) in [6, 6.07) is 4.88. The quantitative estimate of drug-likeness (QED) is 0.682. The molecule has 1 aromatic rings. The van der Waals surface area contributed by atoms with Gasteiger partial charge in [-0.25, -0.2) is 4.39 Å². The van der Waals surface area contributed by atoms with Crippen molar-refractivity contribution in [1.29, 1.82) is 0 Å². The maximum Gasteiger partial charge on any atom is 0.124 e. The van der Waals surface area contributed by atoms with E-state index in [-0.39, 0.29) is 5.82 Å². The van der Waals surface area contributed by atoms with Crippen LogP contribution in [0.15, 0.2) is 22.7 Å². The fourth-order valence-electron chi connectivity index (χ4n) is 1.35. The van der Waals surface area contributed by atoms with Crippen LogP contribution in [0.5, 0.6) is 0 Å². The Morgan fingerprint density at radius 2 is 2.00 bits per heavy atom. The molecule has 0 saturated carbocycles. The standard InChI is InChI=1S/C12H15Br2F/c1-8(2)11(13)6-4-9-3-5-10(15)7-12(9)14/h3,5,7-8,11H,4,6H2,1-2H3. The van der Waals surface area contributed by atoms with E-state index in [1.54, 1.807) is 0 Å². The van der Waals surface area contributed by atoms with Crippen molar-refractivity contribution in [2.45, 2.75) is 31.5 Å². The highest BCUT2D eigenvalue weighted by molar-refractivity contribution is 9.10. The molecular weight excluding hydrogens is 323 g/mol. The molecule has 0 aliphatic rings. The molecule has 0 spiro atoms. The Morgan fingerprint density at radius 1 is 1.33 bits per heavy atom. The Balaban J connectivity index is 2.58. The number of halogens is 3. The first-order valence-corrected chi connectivity index (χ1v) is 6.79. The van der Waals surface area contributed by atoms with E-state index in [1.165, 1.54) is 17.7 Å². The van der Waals surface area contributed by atoms with E-state index in [1.807, 2.05) is 6.07 Å². The highest BCUT2D eigenvalue weighted by Crippen LogP contribution is 2.23. The van der Waals surface area contributed by atoms with E-state index in [0.29, 0.717) is 10.7 Å². The van der Waals surface area contributed by atoms with Gasteiger partial charge in [0.15, 0.2) is 0 Å². The third-order valence-corrected chi connectivity index (χ3v) is 4.68. The van der Waals surface area contributed by atoms with Crippen LogP contribution in [0.2, 0.25) is 0 Å². The van der Waals surface area contributed by atoms with E-state index in [9.17, 15) is 4.39 Å². The van der Waals surface area contributed by atoms with Gasteiger partial charge in [-0.3, -0.25) is 0 Å². The minimum atomic E-state index is -0.190. The molecule has 0 N–H and O–H groups in total. The zero-order valence-corrected chi connectivity index (χ0v) is 12.1. The third kappa shape index (κ3) is 4.23. The van der Waals surface area contributed by atoms with Crippen molar-refractivity contribution in [1.82, 2.24) is 0 Å². The summed E-state index contributed by atoms with van der Waals surface area (Å²) in [5.41, 5.74) is 1.17. The zero-order valence-electron chi connectivity index (χ0n) is 8.93. The first-order chi connectivity index (χ1) is 7.00. The van der Waals surface area contributed by atoms with Crippen LogP contribution >= 0.6 is 31.9 Å². The molecule has 1 unspecified atom stereocenters. The van der Waals surface area contributed by atoms with Gasteiger partial charge in [-0.15, -0.1) is 0 Å². The van der Waals surface area contributed by atoms with Crippen LogP contribution in [0, 0.1) is 11.7 Å². The van der Waals surface area contributed by atoms with Gasteiger partial charge in [-0.1, -0.05) is 51.8 Å². The zero-order chi connectivity index (χ0) is 11.4. The lowest BCUT2D eigenvalue weighted by Gasteiger charge is -2.13. The summed E-state index contributed by atoms with van der Waals surface area (Å²) in [4.78, 5) is 0.523. The largest absolute Gasteiger partial charge is 0.207 e. The van der Waals surface area contributed by atoms with Crippen molar-refractivity contribution in [2.24, 2.45) is 5.92 Å². The molecule has 0 heterocycles. The predicted molar refractivity (Wildman–Crippen MR) is 70.0 cm³/mol. The van der Waals surface area contributed by atoms with Gasteiger partial charge in [-0.05, 0) is 36.5 Å². The van der Waals surface area contributed by atoms with Gasteiger partial charge in [0, 0.05) is 9.30 Å². The molecule has 0 radical (unpaired) electrons. The minimum absolute atomic E-state index is 0.190. The molecule has 0 aliphatic carbocycles. The summed E-state index contributed by atoms with van der Waals surface area (Å²) in [7, 11) is 0. The summed E-state index contributed by atoms with van der Waals surface area (Å²) in [6.07, 6.45) is 2.04. The smallest absolute Gasteiger partial charge is 0.124 e. The molecule has 1 aromatic carbocycles. The van der Waals surface area contributed by atoms with Gasteiger partial charge in [-0.2, -0.15) is 0 Å². The van der Waals surface area contributed by atoms with Crippen LogP contribution in [0.25, 0.3) is 0 Å². The first-order valence-electron chi connectivity index (χ1n) is 5.08. The summed E-state index contributed by atoms with van der Waals surface area (Å²) < 4.78 is 13.7. The Hall–Kier alpha value is 0.110. The van der Waals surface area contributed by atoms with Crippen LogP contribution in [0.3, 0.4) is 0 Å². The van der Waals surface area contributed by atoms with Gasteiger partial charge in [0.1, 0.15) is 5.82 Å². The molecule has 0 aromatic heterocycles. The number of aryl methyl sites for hydroxylation is 1. The SMILES string of the molecule is CC(C)C(Br)CCc1ccc(F)cc1Br. The highest BCUT2D eigenvalue weighted by Gasteiger charge is 2.10. The van der Waals surface area contributed by atoms with Gasteiger partial charge >= 0.3 is 0 Å². The summed E-state index contributed by atoms with van der Waals surface area (Å²) in [5.74, 6) is 0.439. The molecule has 1 rings (SSSR count). The molecule has 0 nitrogen and oxygen atoms in total. The van der Waals surface area contributed by atoms with E-state index in [2.05, 4.69) is 45.7 Å². The Kier molecular flexibility index (Phi) is 5.27. The van der Waals surface area contributed by atoms with E-state index in [4.69, 9.17) is 0 Å². The van der Waals surface area contributed by atoms with E-state index < -0.39 is 0 Å². The lowest BCUT2D eigenvalue weighted by Crippen LogP contribution is -2.08.